The highest BCUT2D eigenvalue weighted by Crippen LogP contribution is 2.22. The van der Waals surface area contributed by atoms with Crippen molar-refractivity contribution < 1.29 is 19.0 Å². The Kier molecular flexibility index (Phi) is 7.99. The van der Waals surface area contributed by atoms with Crippen LogP contribution >= 0.6 is 11.6 Å². The Labute approximate surface area is 204 Å². The fourth-order valence-corrected chi connectivity index (χ4v) is 3.24. The van der Waals surface area contributed by atoms with Gasteiger partial charge in [0.15, 0.2) is 0 Å². The van der Waals surface area contributed by atoms with E-state index < -0.39 is 5.97 Å². The minimum atomic E-state index is -0.419. The first-order valence-electron chi connectivity index (χ1n) is 10.8. The third-order valence-corrected chi connectivity index (χ3v) is 5.12. The van der Waals surface area contributed by atoms with Gasteiger partial charge in [0, 0.05) is 11.1 Å². The molecule has 0 saturated carbocycles. The summed E-state index contributed by atoms with van der Waals surface area (Å²) >= 11 is 5.90. The van der Waals surface area contributed by atoms with Gasteiger partial charge in [-0.15, -0.1) is 0 Å². The first kappa shape index (κ1) is 23.1. The zero-order valence-electron chi connectivity index (χ0n) is 18.4. The molecule has 4 rings (SSSR count). The maximum atomic E-state index is 12.1. The Morgan fingerprint density at radius 2 is 1.44 bits per heavy atom. The predicted molar refractivity (Wildman–Crippen MR) is 134 cm³/mol. The average molecular weight is 471 g/mol. The first-order valence-corrected chi connectivity index (χ1v) is 11.2. The van der Waals surface area contributed by atoms with E-state index in [4.69, 9.17) is 25.8 Å². The molecule has 0 saturated heterocycles. The van der Waals surface area contributed by atoms with Crippen molar-refractivity contribution in [3.63, 3.8) is 0 Å². The van der Waals surface area contributed by atoms with Crippen LogP contribution in [0.2, 0.25) is 5.02 Å². The lowest BCUT2D eigenvalue weighted by molar-refractivity contribution is -0.138. The van der Waals surface area contributed by atoms with Gasteiger partial charge in [-0.1, -0.05) is 66.2 Å². The zero-order valence-corrected chi connectivity index (χ0v) is 19.2. The molecule has 4 aromatic carbocycles. The minimum absolute atomic E-state index is 0.159. The highest BCUT2D eigenvalue weighted by Gasteiger charge is 2.03. The minimum Gasteiger partial charge on any atom is -0.489 e. The Morgan fingerprint density at radius 1 is 0.706 bits per heavy atom. The molecule has 170 valence electrons. The summed E-state index contributed by atoms with van der Waals surface area (Å²) in [6.45, 7) is 0.614. The number of benzene rings is 4. The van der Waals surface area contributed by atoms with E-state index in [1.807, 2.05) is 103 Å². The lowest BCUT2D eigenvalue weighted by Gasteiger charge is -2.08. The second-order valence-electron chi connectivity index (χ2n) is 7.49. The molecule has 0 atom stereocenters. The van der Waals surface area contributed by atoms with Gasteiger partial charge in [0.1, 0.15) is 30.5 Å². The lowest BCUT2D eigenvalue weighted by Crippen LogP contribution is -2.00. The Hall–Kier alpha value is -4.02. The monoisotopic (exact) mass is 470 g/mol. The van der Waals surface area contributed by atoms with Gasteiger partial charge in [-0.3, -0.25) is 0 Å². The van der Waals surface area contributed by atoms with Crippen LogP contribution in [0.1, 0.15) is 16.7 Å². The molecule has 0 unspecified atom stereocenters. The Balaban J connectivity index is 1.24. The van der Waals surface area contributed by atoms with Gasteiger partial charge < -0.3 is 14.2 Å². The molecule has 34 heavy (non-hydrogen) atoms. The van der Waals surface area contributed by atoms with E-state index in [0.29, 0.717) is 17.4 Å². The molecule has 0 amide bonds. The van der Waals surface area contributed by atoms with Crippen molar-refractivity contribution in [1.29, 1.82) is 0 Å². The van der Waals surface area contributed by atoms with Crippen molar-refractivity contribution in [3.8, 4) is 17.2 Å². The maximum Gasteiger partial charge on any atom is 0.331 e. The molecule has 0 fully saturated rings. The van der Waals surface area contributed by atoms with Gasteiger partial charge in [-0.2, -0.15) is 0 Å². The van der Waals surface area contributed by atoms with E-state index in [1.165, 1.54) is 6.08 Å². The van der Waals surface area contributed by atoms with Crippen LogP contribution in [0.15, 0.2) is 109 Å². The van der Waals surface area contributed by atoms with Crippen LogP contribution in [0.3, 0.4) is 0 Å². The van der Waals surface area contributed by atoms with Crippen molar-refractivity contribution in [1.82, 2.24) is 0 Å². The summed E-state index contributed by atoms with van der Waals surface area (Å²) in [7, 11) is 0. The normalized spacial score (nSPS) is 10.7. The summed E-state index contributed by atoms with van der Waals surface area (Å²) < 4.78 is 17.0. The SMILES string of the molecule is O=C(/C=C/c1ccc(OCc2ccc(Cl)cc2)cc1)OCc1cccc(Oc2ccccc2)c1. The molecule has 0 aliphatic carbocycles. The van der Waals surface area contributed by atoms with E-state index in [2.05, 4.69) is 0 Å². The van der Waals surface area contributed by atoms with Crippen LogP contribution in [0.5, 0.6) is 17.2 Å². The average Bonchev–Trinajstić information content (AvgIpc) is 2.87. The van der Waals surface area contributed by atoms with Crippen LogP contribution in [0.25, 0.3) is 6.08 Å². The number of carbonyl (C=O) groups excluding carboxylic acids is 1. The fraction of sp³-hybridized carbons (Fsp3) is 0.0690. The summed E-state index contributed by atoms with van der Waals surface area (Å²) in [5.41, 5.74) is 2.75. The zero-order chi connectivity index (χ0) is 23.6. The fourth-order valence-electron chi connectivity index (χ4n) is 3.11. The van der Waals surface area contributed by atoms with Crippen LogP contribution in [0, 0.1) is 0 Å². The molecule has 0 aromatic heterocycles. The van der Waals surface area contributed by atoms with Crippen molar-refractivity contribution in [3.05, 3.63) is 131 Å². The molecular formula is C29H23ClO4. The second kappa shape index (κ2) is 11.7. The Morgan fingerprint density at radius 3 is 2.21 bits per heavy atom. The van der Waals surface area contributed by atoms with Gasteiger partial charge in [0.25, 0.3) is 0 Å². The van der Waals surface area contributed by atoms with E-state index in [9.17, 15) is 4.79 Å². The molecule has 0 aliphatic rings. The van der Waals surface area contributed by atoms with E-state index in [-0.39, 0.29) is 6.61 Å². The van der Waals surface area contributed by atoms with Crippen LogP contribution in [0.4, 0.5) is 0 Å². The van der Waals surface area contributed by atoms with Crippen LogP contribution in [-0.2, 0) is 22.7 Å². The van der Waals surface area contributed by atoms with Crippen LogP contribution < -0.4 is 9.47 Å². The highest BCUT2D eigenvalue weighted by atomic mass is 35.5. The number of para-hydroxylation sites is 1. The van der Waals surface area contributed by atoms with Gasteiger partial charge in [0.05, 0.1) is 0 Å². The molecule has 4 nitrogen and oxygen atoms in total. The van der Waals surface area contributed by atoms with Crippen molar-refractivity contribution in [2.75, 3.05) is 0 Å². The van der Waals surface area contributed by atoms with Gasteiger partial charge in [0.2, 0.25) is 0 Å². The summed E-state index contributed by atoms with van der Waals surface area (Å²) in [5, 5.41) is 0.698. The standard InChI is InChI=1S/C29H23ClO4/c30-25-14-9-23(10-15-25)20-32-26-16-11-22(12-17-26)13-18-29(31)33-21-24-5-4-8-28(19-24)34-27-6-2-1-3-7-27/h1-19H,20-21H2/b18-13+. The third-order valence-electron chi connectivity index (χ3n) is 4.87. The third kappa shape index (κ3) is 7.26. The van der Waals surface area contributed by atoms with E-state index in [0.717, 1.165) is 28.2 Å². The van der Waals surface area contributed by atoms with Gasteiger partial charge in [-0.25, -0.2) is 4.79 Å². The molecule has 0 N–H and O–H groups in total. The molecule has 0 heterocycles. The topological polar surface area (TPSA) is 44.8 Å². The summed E-state index contributed by atoms with van der Waals surface area (Å²) in [6.07, 6.45) is 3.12. The van der Waals surface area contributed by atoms with Gasteiger partial charge >= 0.3 is 5.97 Å². The largest absolute Gasteiger partial charge is 0.489 e. The number of halogens is 1. The molecule has 5 heteroatoms. The molecule has 0 aliphatic heterocycles. The molecule has 0 bridgehead atoms. The second-order valence-corrected chi connectivity index (χ2v) is 7.92. The summed E-state index contributed by atoms with van der Waals surface area (Å²) in [6, 6.07) is 32.0. The quantitative estimate of drug-likeness (QED) is 0.188. The number of ether oxygens (including phenoxy) is 3. The maximum absolute atomic E-state index is 12.1. The molecular weight excluding hydrogens is 448 g/mol. The highest BCUT2D eigenvalue weighted by molar-refractivity contribution is 6.30. The molecule has 4 aromatic rings. The van der Waals surface area contributed by atoms with Crippen molar-refractivity contribution in [2.24, 2.45) is 0 Å². The van der Waals surface area contributed by atoms with E-state index in [1.54, 1.807) is 6.08 Å². The number of hydrogen-bond acceptors (Lipinski definition) is 4. The first-order chi connectivity index (χ1) is 16.6. The number of carbonyl (C=O) groups is 1. The van der Waals surface area contributed by atoms with Crippen molar-refractivity contribution in [2.45, 2.75) is 13.2 Å². The van der Waals surface area contributed by atoms with E-state index >= 15 is 0 Å². The molecule has 0 spiro atoms. The number of rotatable bonds is 9. The summed E-state index contributed by atoms with van der Waals surface area (Å²) in [4.78, 5) is 12.1. The lowest BCUT2D eigenvalue weighted by atomic mass is 10.2. The predicted octanol–water partition coefficient (Wildman–Crippen LogP) is 7.47. The van der Waals surface area contributed by atoms with Gasteiger partial charge in [-0.05, 0) is 71.3 Å². The smallest absolute Gasteiger partial charge is 0.331 e. The number of esters is 1. The Bertz CT molecular complexity index is 1230. The van der Waals surface area contributed by atoms with Crippen LogP contribution in [-0.4, -0.2) is 5.97 Å². The summed E-state index contributed by atoms with van der Waals surface area (Å²) in [5.74, 6) is 1.76. The molecule has 0 radical (unpaired) electrons. The number of hydrogen-bond donors (Lipinski definition) is 0. The van der Waals surface area contributed by atoms with Crippen molar-refractivity contribution >= 4 is 23.6 Å².